The van der Waals surface area contributed by atoms with E-state index in [9.17, 15) is 4.79 Å². The van der Waals surface area contributed by atoms with Crippen molar-refractivity contribution in [3.63, 3.8) is 0 Å². The maximum Gasteiger partial charge on any atom is 0.289 e. The lowest BCUT2D eigenvalue weighted by molar-refractivity contribution is 0.0556. The number of carbonyl (C=O) groups is 1. The maximum atomic E-state index is 12.5. The molecule has 0 spiro atoms. The minimum absolute atomic E-state index is 0.0704. The van der Waals surface area contributed by atoms with Crippen LogP contribution in [0.15, 0.2) is 40.8 Å². The Balaban J connectivity index is 1.55. The fourth-order valence-corrected chi connectivity index (χ4v) is 2.94. The Kier molecular flexibility index (Phi) is 5.60. The molecule has 1 fully saturated rings. The lowest BCUT2D eigenvalue weighted by atomic mass is 10.1. The van der Waals surface area contributed by atoms with Gasteiger partial charge in [-0.2, -0.15) is 0 Å². The van der Waals surface area contributed by atoms with Crippen LogP contribution in [0, 0.1) is 0 Å². The Labute approximate surface area is 147 Å². The number of hydrogen-bond donors (Lipinski definition) is 0. The summed E-state index contributed by atoms with van der Waals surface area (Å²) < 4.78 is 21.9. The summed E-state index contributed by atoms with van der Waals surface area (Å²) in [5.41, 5.74) is 0. The van der Waals surface area contributed by atoms with Crippen LogP contribution in [0.5, 0.6) is 11.5 Å². The lowest BCUT2D eigenvalue weighted by Crippen LogP contribution is -2.41. The van der Waals surface area contributed by atoms with Gasteiger partial charge in [0.2, 0.25) is 0 Å². The van der Waals surface area contributed by atoms with Gasteiger partial charge in [-0.15, -0.1) is 0 Å². The van der Waals surface area contributed by atoms with E-state index in [1.165, 1.54) is 0 Å². The Bertz CT molecular complexity index is 703. The molecule has 1 aliphatic heterocycles. The molecule has 0 bridgehead atoms. The maximum absolute atomic E-state index is 12.5. The standard InChI is InChI=1S/C19H23NO5/c1-22-13-15-7-8-18(25-15)19(21)20-11-9-14(10-12-20)24-17-6-4-3-5-16(17)23-2/h3-8,14H,9-13H2,1-2H3. The second-order valence-corrected chi connectivity index (χ2v) is 5.96. The number of para-hydroxylation sites is 2. The molecule has 0 saturated carbocycles. The Morgan fingerprint density at radius 1 is 1.12 bits per heavy atom. The normalized spacial score (nSPS) is 15.2. The summed E-state index contributed by atoms with van der Waals surface area (Å²) >= 11 is 0. The highest BCUT2D eigenvalue weighted by atomic mass is 16.5. The number of likely N-dealkylation sites (tertiary alicyclic amines) is 1. The van der Waals surface area contributed by atoms with E-state index in [-0.39, 0.29) is 12.0 Å². The summed E-state index contributed by atoms with van der Waals surface area (Å²) in [5, 5.41) is 0. The van der Waals surface area contributed by atoms with Crippen molar-refractivity contribution in [2.45, 2.75) is 25.6 Å². The number of nitrogens with zero attached hydrogens (tertiary/aromatic N) is 1. The van der Waals surface area contributed by atoms with Crippen LogP contribution in [0.1, 0.15) is 29.2 Å². The van der Waals surface area contributed by atoms with Crippen LogP contribution in [-0.2, 0) is 11.3 Å². The van der Waals surface area contributed by atoms with Gasteiger partial charge in [-0.3, -0.25) is 4.79 Å². The molecule has 25 heavy (non-hydrogen) atoms. The van der Waals surface area contributed by atoms with Crippen molar-refractivity contribution in [3.8, 4) is 11.5 Å². The largest absolute Gasteiger partial charge is 0.493 e. The van der Waals surface area contributed by atoms with Gasteiger partial charge in [-0.25, -0.2) is 0 Å². The highest BCUT2D eigenvalue weighted by molar-refractivity contribution is 5.91. The molecule has 1 amide bonds. The zero-order valence-corrected chi connectivity index (χ0v) is 14.6. The SMILES string of the molecule is COCc1ccc(C(=O)N2CCC(Oc3ccccc3OC)CC2)o1. The average Bonchev–Trinajstić information content (AvgIpc) is 3.11. The number of piperidine rings is 1. The van der Waals surface area contributed by atoms with Crippen molar-refractivity contribution in [3.05, 3.63) is 47.9 Å². The summed E-state index contributed by atoms with van der Waals surface area (Å²) in [4.78, 5) is 14.3. The van der Waals surface area contributed by atoms with E-state index in [0.29, 0.717) is 31.2 Å². The van der Waals surface area contributed by atoms with Crippen molar-refractivity contribution in [1.29, 1.82) is 0 Å². The van der Waals surface area contributed by atoms with E-state index in [1.807, 2.05) is 24.3 Å². The zero-order valence-electron chi connectivity index (χ0n) is 14.6. The fourth-order valence-electron chi connectivity index (χ4n) is 2.94. The van der Waals surface area contributed by atoms with E-state index in [1.54, 1.807) is 31.3 Å². The molecule has 0 radical (unpaired) electrons. The monoisotopic (exact) mass is 345 g/mol. The molecule has 134 valence electrons. The van der Waals surface area contributed by atoms with Crippen molar-refractivity contribution >= 4 is 5.91 Å². The molecule has 6 nitrogen and oxygen atoms in total. The van der Waals surface area contributed by atoms with Crippen LogP contribution in [0.25, 0.3) is 0 Å². The molecule has 2 aromatic rings. The number of ether oxygens (including phenoxy) is 3. The van der Waals surface area contributed by atoms with Gasteiger partial charge in [0, 0.05) is 33.0 Å². The van der Waals surface area contributed by atoms with E-state index >= 15 is 0 Å². The average molecular weight is 345 g/mol. The Morgan fingerprint density at radius 2 is 1.84 bits per heavy atom. The van der Waals surface area contributed by atoms with Crippen molar-refractivity contribution in [1.82, 2.24) is 4.90 Å². The number of benzene rings is 1. The molecule has 0 unspecified atom stereocenters. The minimum Gasteiger partial charge on any atom is -0.493 e. The van der Waals surface area contributed by atoms with Gasteiger partial charge in [0.15, 0.2) is 17.3 Å². The molecule has 1 aliphatic rings. The van der Waals surface area contributed by atoms with E-state index in [2.05, 4.69) is 0 Å². The third-order valence-electron chi connectivity index (χ3n) is 4.25. The second-order valence-electron chi connectivity index (χ2n) is 5.96. The smallest absolute Gasteiger partial charge is 0.289 e. The third kappa shape index (κ3) is 4.14. The molecular formula is C19H23NO5. The zero-order chi connectivity index (χ0) is 17.6. The summed E-state index contributed by atoms with van der Waals surface area (Å²) in [6, 6.07) is 11.1. The first-order valence-corrected chi connectivity index (χ1v) is 8.38. The first kappa shape index (κ1) is 17.4. The number of rotatable bonds is 6. The van der Waals surface area contributed by atoms with Gasteiger partial charge in [0.1, 0.15) is 18.5 Å². The molecule has 0 N–H and O–H groups in total. The number of furan rings is 1. The van der Waals surface area contributed by atoms with Crippen LogP contribution in [0.4, 0.5) is 0 Å². The van der Waals surface area contributed by atoms with Gasteiger partial charge in [-0.05, 0) is 24.3 Å². The van der Waals surface area contributed by atoms with Crippen LogP contribution in [0.2, 0.25) is 0 Å². The van der Waals surface area contributed by atoms with Crippen LogP contribution >= 0.6 is 0 Å². The van der Waals surface area contributed by atoms with Gasteiger partial charge in [-0.1, -0.05) is 12.1 Å². The summed E-state index contributed by atoms with van der Waals surface area (Å²) in [6.45, 7) is 1.64. The van der Waals surface area contributed by atoms with Crippen LogP contribution in [0.3, 0.4) is 0 Å². The number of methoxy groups -OCH3 is 2. The Hall–Kier alpha value is -2.47. The summed E-state index contributed by atoms with van der Waals surface area (Å²) in [6.07, 6.45) is 1.62. The van der Waals surface area contributed by atoms with E-state index < -0.39 is 0 Å². The molecule has 0 aliphatic carbocycles. The van der Waals surface area contributed by atoms with E-state index in [0.717, 1.165) is 24.3 Å². The Morgan fingerprint density at radius 3 is 2.52 bits per heavy atom. The highest BCUT2D eigenvalue weighted by Crippen LogP contribution is 2.29. The first-order valence-electron chi connectivity index (χ1n) is 8.38. The van der Waals surface area contributed by atoms with Crippen molar-refractivity contribution in [2.75, 3.05) is 27.3 Å². The molecule has 3 rings (SSSR count). The van der Waals surface area contributed by atoms with Gasteiger partial charge in [0.25, 0.3) is 5.91 Å². The molecular weight excluding hydrogens is 322 g/mol. The van der Waals surface area contributed by atoms with Crippen molar-refractivity contribution < 1.29 is 23.4 Å². The van der Waals surface area contributed by atoms with Gasteiger partial charge >= 0.3 is 0 Å². The van der Waals surface area contributed by atoms with E-state index in [4.69, 9.17) is 18.6 Å². The highest BCUT2D eigenvalue weighted by Gasteiger charge is 2.26. The molecule has 1 saturated heterocycles. The third-order valence-corrected chi connectivity index (χ3v) is 4.25. The number of carbonyl (C=O) groups excluding carboxylic acids is 1. The molecule has 6 heteroatoms. The van der Waals surface area contributed by atoms with Gasteiger partial charge < -0.3 is 23.5 Å². The molecule has 1 aromatic heterocycles. The molecule has 1 aromatic carbocycles. The topological polar surface area (TPSA) is 61.1 Å². The molecule has 0 atom stereocenters. The number of hydrogen-bond acceptors (Lipinski definition) is 5. The predicted molar refractivity (Wildman–Crippen MR) is 92.0 cm³/mol. The van der Waals surface area contributed by atoms with Crippen LogP contribution < -0.4 is 9.47 Å². The second kappa shape index (κ2) is 8.07. The lowest BCUT2D eigenvalue weighted by Gasteiger charge is -2.31. The first-order chi connectivity index (χ1) is 12.2. The quantitative estimate of drug-likeness (QED) is 0.805. The minimum atomic E-state index is -0.0851. The number of amides is 1. The summed E-state index contributed by atoms with van der Waals surface area (Å²) in [7, 11) is 3.22. The van der Waals surface area contributed by atoms with Crippen molar-refractivity contribution in [2.24, 2.45) is 0 Å². The van der Waals surface area contributed by atoms with Gasteiger partial charge in [0.05, 0.1) is 7.11 Å². The fraction of sp³-hybridized carbons (Fsp3) is 0.421. The van der Waals surface area contributed by atoms with Crippen LogP contribution in [-0.4, -0.2) is 44.2 Å². The molecule has 2 heterocycles. The summed E-state index contributed by atoms with van der Waals surface area (Å²) in [5.74, 6) is 2.39. The predicted octanol–water partition coefficient (Wildman–Crippen LogP) is 3.12.